The predicted octanol–water partition coefficient (Wildman–Crippen LogP) is 0.288. The molecule has 1 N–H and O–H groups in total. The quantitative estimate of drug-likeness (QED) is 0.852. The minimum Gasteiger partial charge on any atom is -0.380 e. The number of anilines is 1. The van der Waals surface area contributed by atoms with Crippen molar-refractivity contribution in [2.45, 2.75) is 0 Å². The number of nitrogens with one attached hydrogen (secondary N) is 1. The summed E-state index contributed by atoms with van der Waals surface area (Å²) in [5.74, 6) is 0.114. The molecular formula is C16H17FN6O2. The van der Waals surface area contributed by atoms with Crippen LogP contribution in [0.25, 0.3) is 0 Å². The molecule has 8 nitrogen and oxygen atoms in total. The van der Waals surface area contributed by atoms with Crippen LogP contribution in [-0.2, 0) is 4.74 Å². The van der Waals surface area contributed by atoms with Crippen LogP contribution < -0.4 is 10.2 Å². The minimum absolute atomic E-state index is 0.189. The number of hydrogen-bond donors (Lipinski definition) is 1. The number of ether oxygens (including phenoxy) is 1. The van der Waals surface area contributed by atoms with E-state index >= 15 is 0 Å². The highest BCUT2D eigenvalue weighted by Gasteiger charge is 2.51. The van der Waals surface area contributed by atoms with Crippen molar-refractivity contribution in [3.05, 3.63) is 42.2 Å². The summed E-state index contributed by atoms with van der Waals surface area (Å²) in [5, 5.41) is 10.4. The molecule has 4 rings (SSSR count). The first-order valence-corrected chi connectivity index (χ1v) is 8.01. The number of carbonyl (C=O) groups excluding carboxylic acids is 1. The normalized spacial score (nSPS) is 25.0. The van der Waals surface area contributed by atoms with Gasteiger partial charge in [0, 0.05) is 31.0 Å². The standard InChI is InChI=1S/C16H17FN6O2/c17-13-4-18-15(19-5-13)23-6-12-7-25-10-16(12,9-23)8-20-14(24)11-1-2-21-22-3-11/h1-5,12H,6-10H2,(H,20,24)/t12-,16+/m0/s1. The molecule has 9 heteroatoms. The summed E-state index contributed by atoms with van der Waals surface area (Å²) >= 11 is 0. The van der Waals surface area contributed by atoms with Crippen LogP contribution in [-0.4, -0.2) is 58.9 Å². The summed E-state index contributed by atoms with van der Waals surface area (Å²) in [6.07, 6.45) is 5.25. The maximum absolute atomic E-state index is 13.0. The molecule has 2 fully saturated rings. The molecule has 2 aliphatic heterocycles. The molecule has 0 aromatic carbocycles. The van der Waals surface area contributed by atoms with Crippen molar-refractivity contribution >= 4 is 11.9 Å². The number of fused-ring (bicyclic) bond motifs is 1. The zero-order valence-electron chi connectivity index (χ0n) is 13.4. The first kappa shape index (κ1) is 15.8. The Bertz CT molecular complexity index is 759. The van der Waals surface area contributed by atoms with E-state index in [2.05, 4.69) is 25.5 Å². The minimum atomic E-state index is -0.459. The monoisotopic (exact) mass is 344 g/mol. The number of halogens is 1. The number of carbonyl (C=O) groups is 1. The average molecular weight is 344 g/mol. The van der Waals surface area contributed by atoms with Gasteiger partial charge >= 0.3 is 0 Å². The molecule has 2 saturated heterocycles. The van der Waals surface area contributed by atoms with Crippen LogP contribution in [0.4, 0.5) is 10.3 Å². The van der Waals surface area contributed by atoms with Crippen molar-refractivity contribution in [2.24, 2.45) is 11.3 Å². The molecular weight excluding hydrogens is 327 g/mol. The van der Waals surface area contributed by atoms with Gasteiger partial charge in [-0.2, -0.15) is 10.2 Å². The van der Waals surface area contributed by atoms with E-state index in [1.807, 2.05) is 4.90 Å². The molecule has 0 unspecified atom stereocenters. The number of amides is 1. The third kappa shape index (κ3) is 3.02. The van der Waals surface area contributed by atoms with E-state index in [0.717, 1.165) is 18.9 Å². The fourth-order valence-corrected chi connectivity index (χ4v) is 3.49. The molecule has 130 valence electrons. The van der Waals surface area contributed by atoms with Crippen molar-refractivity contribution in [2.75, 3.05) is 37.7 Å². The number of nitrogens with zero attached hydrogens (tertiary/aromatic N) is 5. The zero-order chi connectivity index (χ0) is 17.3. The third-order valence-electron chi connectivity index (χ3n) is 4.86. The lowest BCUT2D eigenvalue weighted by Crippen LogP contribution is -2.43. The van der Waals surface area contributed by atoms with Crippen molar-refractivity contribution in [3.63, 3.8) is 0 Å². The Hall–Kier alpha value is -2.68. The van der Waals surface area contributed by atoms with Gasteiger partial charge in [0.2, 0.25) is 5.95 Å². The molecule has 2 aromatic heterocycles. The van der Waals surface area contributed by atoms with E-state index in [4.69, 9.17) is 4.74 Å². The summed E-state index contributed by atoms with van der Waals surface area (Å²) < 4.78 is 18.7. The van der Waals surface area contributed by atoms with Crippen LogP contribution in [0.2, 0.25) is 0 Å². The Labute approximate surface area is 143 Å². The van der Waals surface area contributed by atoms with E-state index < -0.39 is 5.82 Å². The first-order chi connectivity index (χ1) is 12.2. The summed E-state index contributed by atoms with van der Waals surface area (Å²) in [4.78, 5) is 22.4. The number of hydrogen-bond acceptors (Lipinski definition) is 7. The van der Waals surface area contributed by atoms with Gasteiger partial charge < -0.3 is 15.0 Å². The molecule has 2 atom stereocenters. The number of aromatic nitrogens is 4. The molecule has 0 saturated carbocycles. The Morgan fingerprint density at radius 3 is 2.96 bits per heavy atom. The van der Waals surface area contributed by atoms with Crippen molar-refractivity contribution in [1.82, 2.24) is 25.5 Å². The molecule has 2 aliphatic rings. The second-order valence-corrected chi connectivity index (χ2v) is 6.47. The van der Waals surface area contributed by atoms with Gasteiger partial charge in [-0.3, -0.25) is 4.79 Å². The Balaban J connectivity index is 1.46. The Kier molecular flexibility index (Phi) is 4.00. The van der Waals surface area contributed by atoms with Crippen LogP contribution in [0.15, 0.2) is 30.9 Å². The lowest BCUT2D eigenvalue weighted by Gasteiger charge is -2.27. The highest BCUT2D eigenvalue weighted by Crippen LogP contribution is 2.41. The van der Waals surface area contributed by atoms with Crippen LogP contribution in [0.5, 0.6) is 0 Å². The van der Waals surface area contributed by atoms with Crippen molar-refractivity contribution in [1.29, 1.82) is 0 Å². The molecule has 0 radical (unpaired) electrons. The maximum atomic E-state index is 13.0. The number of rotatable bonds is 4. The first-order valence-electron chi connectivity index (χ1n) is 8.01. The fourth-order valence-electron chi connectivity index (χ4n) is 3.49. The van der Waals surface area contributed by atoms with Crippen LogP contribution in [0.3, 0.4) is 0 Å². The van der Waals surface area contributed by atoms with Gasteiger partial charge in [-0.25, -0.2) is 14.4 Å². The van der Waals surface area contributed by atoms with Gasteiger partial charge in [0.15, 0.2) is 5.82 Å². The molecule has 0 aliphatic carbocycles. The van der Waals surface area contributed by atoms with E-state index in [1.54, 1.807) is 6.07 Å². The molecule has 1 amide bonds. The second-order valence-electron chi connectivity index (χ2n) is 6.47. The summed E-state index contributed by atoms with van der Waals surface area (Å²) in [5.41, 5.74) is 0.270. The van der Waals surface area contributed by atoms with Crippen LogP contribution in [0, 0.1) is 17.2 Å². The SMILES string of the molecule is O=C(NC[C@@]12COC[C@@H]1CN(c1ncc(F)cn1)C2)c1ccnnc1. The van der Waals surface area contributed by atoms with E-state index in [0.29, 0.717) is 37.8 Å². The summed E-state index contributed by atoms with van der Waals surface area (Å²) in [6, 6.07) is 1.62. The molecule has 0 spiro atoms. The molecule has 4 heterocycles. The van der Waals surface area contributed by atoms with Gasteiger partial charge in [0.25, 0.3) is 5.91 Å². The lowest BCUT2D eigenvalue weighted by molar-refractivity contribution is 0.0919. The predicted molar refractivity (Wildman–Crippen MR) is 85.3 cm³/mol. The van der Waals surface area contributed by atoms with Gasteiger partial charge in [-0.15, -0.1) is 0 Å². The highest BCUT2D eigenvalue weighted by atomic mass is 19.1. The lowest BCUT2D eigenvalue weighted by atomic mass is 9.81. The van der Waals surface area contributed by atoms with Gasteiger partial charge in [0.1, 0.15) is 0 Å². The Morgan fingerprint density at radius 2 is 2.20 bits per heavy atom. The van der Waals surface area contributed by atoms with E-state index in [1.165, 1.54) is 12.4 Å². The highest BCUT2D eigenvalue weighted by molar-refractivity contribution is 5.93. The largest absolute Gasteiger partial charge is 0.380 e. The summed E-state index contributed by atoms with van der Waals surface area (Å²) in [7, 11) is 0. The van der Waals surface area contributed by atoms with E-state index in [-0.39, 0.29) is 17.2 Å². The Morgan fingerprint density at radius 1 is 1.36 bits per heavy atom. The fraction of sp³-hybridized carbons (Fsp3) is 0.438. The van der Waals surface area contributed by atoms with Crippen molar-refractivity contribution in [3.8, 4) is 0 Å². The molecule has 25 heavy (non-hydrogen) atoms. The van der Waals surface area contributed by atoms with Gasteiger partial charge in [0.05, 0.1) is 43.6 Å². The van der Waals surface area contributed by atoms with Crippen LogP contribution >= 0.6 is 0 Å². The van der Waals surface area contributed by atoms with Gasteiger partial charge in [-0.1, -0.05) is 0 Å². The van der Waals surface area contributed by atoms with E-state index in [9.17, 15) is 9.18 Å². The van der Waals surface area contributed by atoms with Crippen molar-refractivity contribution < 1.29 is 13.9 Å². The van der Waals surface area contributed by atoms with Crippen LogP contribution in [0.1, 0.15) is 10.4 Å². The zero-order valence-corrected chi connectivity index (χ0v) is 13.4. The third-order valence-corrected chi connectivity index (χ3v) is 4.86. The topological polar surface area (TPSA) is 93.1 Å². The smallest absolute Gasteiger partial charge is 0.252 e. The molecule has 2 aromatic rings. The summed E-state index contributed by atoms with van der Waals surface area (Å²) in [6.45, 7) is 3.04. The second kappa shape index (κ2) is 6.32. The maximum Gasteiger partial charge on any atom is 0.252 e. The molecule has 0 bridgehead atoms. The average Bonchev–Trinajstić information content (AvgIpc) is 3.18. The van der Waals surface area contributed by atoms with Gasteiger partial charge in [-0.05, 0) is 6.07 Å².